The second-order valence-corrected chi connectivity index (χ2v) is 7.33. The van der Waals surface area contributed by atoms with E-state index in [1.807, 2.05) is 0 Å². The Morgan fingerprint density at radius 1 is 1.14 bits per heavy atom. The van der Waals surface area contributed by atoms with Gasteiger partial charge in [-0.15, -0.1) is 0 Å². The molecule has 1 N–H and O–H groups in total. The lowest BCUT2D eigenvalue weighted by atomic mass is 9.77. The van der Waals surface area contributed by atoms with Gasteiger partial charge in [-0.1, -0.05) is 52.8 Å². The lowest BCUT2D eigenvalue weighted by Gasteiger charge is -2.44. The Kier molecular flexibility index (Phi) is 5.32. The Labute approximate surface area is 130 Å². The van der Waals surface area contributed by atoms with Crippen LogP contribution in [0.15, 0.2) is 24.3 Å². The second-order valence-electron chi connectivity index (χ2n) is 7.33. The third kappa shape index (κ3) is 4.00. The van der Waals surface area contributed by atoms with Gasteiger partial charge in [0.05, 0.1) is 0 Å². The first-order valence-electron chi connectivity index (χ1n) is 8.47. The zero-order chi connectivity index (χ0) is 15.5. The standard InChI is InChI=1S/C19H31NO/c1-6-20-17-13-19(11-14(2)3,12-15(4)5)21-18-10-8-7-9-16(17)18/h7-10,14-15,17,20H,6,11-13H2,1-5H3. The molecule has 0 aliphatic carbocycles. The summed E-state index contributed by atoms with van der Waals surface area (Å²) in [5.74, 6) is 2.38. The van der Waals surface area contributed by atoms with E-state index in [4.69, 9.17) is 4.74 Å². The predicted octanol–water partition coefficient (Wildman–Crippen LogP) is 4.95. The fraction of sp³-hybridized carbons (Fsp3) is 0.684. The molecular formula is C19H31NO. The number of benzene rings is 1. The maximum atomic E-state index is 6.58. The van der Waals surface area contributed by atoms with Gasteiger partial charge in [-0.2, -0.15) is 0 Å². The smallest absolute Gasteiger partial charge is 0.124 e. The number of fused-ring (bicyclic) bond motifs is 1. The van der Waals surface area contributed by atoms with E-state index in [2.05, 4.69) is 64.2 Å². The Hall–Kier alpha value is -1.02. The lowest BCUT2D eigenvalue weighted by molar-refractivity contribution is -0.00588. The summed E-state index contributed by atoms with van der Waals surface area (Å²) in [5.41, 5.74) is 1.30. The van der Waals surface area contributed by atoms with E-state index in [1.54, 1.807) is 0 Å². The van der Waals surface area contributed by atoms with Gasteiger partial charge in [-0.05, 0) is 37.3 Å². The van der Waals surface area contributed by atoms with Crippen LogP contribution in [0.25, 0.3) is 0 Å². The average molecular weight is 289 g/mol. The molecule has 0 radical (unpaired) electrons. The monoisotopic (exact) mass is 289 g/mol. The minimum Gasteiger partial charge on any atom is -0.487 e. The van der Waals surface area contributed by atoms with Gasteiger partial charge >= 0.3 is 0 Å². The number of hydrogen-bond donors (Lipinski definition) is 1. The van der Waals surface area contributed by atoms with Crippen molar-refractivity contribution in [3.8, 4) is 5.75 Å². The first kappa shape index (κ1) is 16.4. The van der Waals surface area contributed by atoms with Crippen molar-refractivity contribution in [2.75, 3.05) is 6.54 Å². The van der Waals surface area contributed by atoms with Gasteiger partial charge < -0.3 is 10.1 Å². The van der Waals surface area contributed by atoms with E-state index in [-0.39, 0.29) is 5.60 Å². The zero-order valence-corrected chi connectivity index (χ0v) is 14.3. The van der Waals surface area contributed by atoms with Gasteiger partial charge in [0.2, 0.25) is 0 Å². The summed E-state index contributed by atoms with van der Waals surface area (Å²) in [6, 6.07) is 8.95. The summed E-state index contributed by atoms with van der Waals surface area (Å²) in [6.45, 7) is 12.4. The zero-order valence-electron chi connectivity index (χ0n) is 14.3. The van der Waals surface area contributed by atoms with Crippen LogP contribution in [0.2, 0.25) is 0 Å². The number of nitrogens with one attached hydrogen (secondary N) is 1. The maximum absolute atomic E-state index is 6.58. The Balaban J connectivity index is 2.35. The Bertz CT molecular complexity index is 443. The normalized spacial score (nSPS) is 20.4. The van der Waals surface area contributed by atoms with Crippen LogP contribution < -0.4 is 10.1 Å². The van der Waals surface area contributed by atoms with E-state index in [1.165, 1.54) is 5.56 Å². The molecule has 1 aromatic carbocycles. The molecule has 21 heavy (non-hydrogen) atoms. The molecule has 0 aromatic heterocycles. The number of rotatable bonds is 6. The minimum absolute atomic E-state index is 0.0243. The van der Waals surface area contributed by atoms with Gasteiger partial charge in [-0.3, -0.25) is 0 Å². The molecule has 1 heterocycles. The van der Waals surface area contributed by atoms with Crippen molar-refractivity contribution in [3.05, 3.63) is 29.8 Å². The topological polar surface area (TPSA) is 21.3 Å². The van der Waals surface area contributed by atoms with Crippen LogP contribution in [0.4, 0.5) is 0 Å². The summed E-state index contributed by atoms with van der Waals surface area (Å²) >= 11 is 0. The molecule has 2 heteroatoms. The molecule has 0 saturated carbocycles. The van der Waals surface area contributed by atoms with E-state index in [0.29, 0.717) is 17.9 Å². The molecule has 1 unspecified atom stereocenters. The Morgan fingerprint density at radius 3 is 2.33 bits per heavy atom. The van der Waals surface area contributed by atoms with E-state index >= 15 is 0 Å². The van der Waals surface area contributed by atoms with Crippen molar-refractivity contribution < 1.29 is 4.74 Å². The highest BCUT2D eigenvalue weighted by Gasteiger charge is 2.41. The summed E-state index contributed by atoms with van der Waals surface area (Å²) < 4.78 is 6.58. The molecule has 1 aliphatic rings. The Morgan fingerprint density at radius 2 is 1.76 bits per heavy atom. The van der Waals surface area contributed by atoms with Crippen LogP contribution in [-0.2, 0) is 0 Å². The van der Waals surface area contributed by atoms with Gasteiger partial charge in [0.15, 0.2) is 0 Å². The van der Waals surface area contributed by atoms with Crippen molar-refractivity contribution in [2.45, 2.75) is 65.5 Å². The quantitative estimate of drug-likeness (QED) is 0.800. The molecule has 1 aliphatic heterocycles. The third-order valence-corrected chi connectivity index (χ3v) is 4.21. The first-order valence-corrected chi connectivity index (χ1v) is 8.47. The minimum atomic E-state index is -0.0243. The van der Waals surface area contributed by atoms with Crippen molar-refractivity contribution in [1.29, 1.82) is 0 Å². The van der Waals surface area contributed by atoms with Crippen LogP contribution in [0.3, 0.4) is 0 Å². The highest BCUT2D eigenvalue weighted by atomic mass is 16.5. The molecule has 1 aromatic rings. The molecule has 2 nitrogen and oxygen atoms in total. The molecule has 0 spiro atoms. The van der Waals surface area contributed by atoms with Gasteiger partial charge in [0.1, 0.15) is 11.4 Å². The van der Waals surface area contributed by atoms with E-state index in [0.717, 1.165) is 31.6 Å². The highest BCUT2D eigenvalue weighted by molar-refractivity contribution is 5.39. The molecule has 0 fully saturated rings. The van der Waals surface area contributed by atoms with Crippen molar-refractivity contribution in [3.63, 3.8) is 0 Å². The summed E-state index contributed by atoms with van der Waals surface area (Å²) in [4.78, 5) is 0. The number of hydrogen-bond acceptors (Lipinski definition) is 2. The molecule has 0 amide bonds. The number of para-hydroxylation sites is 1. The van der Waals surface area contributed by atoms with E-state index < -0.39 is 0 Å². The van der Waals surface area contributed by atoms with Crippen molar-refractivity contribution in [1.82, 2.24) is 5.32 Å². The first-order chi connectivity index (χ1) is 9.96. The third-order valence-electron chi connectivity index (χ3n) is 4.21. The van der Waals surface area contributed by atoms with Crippen molar-refractivity contribution in [2.24, 2.45) is 11.8 Å². The highest BCUT2D eigenvalue weighted by Crippen LogP contribution is 2.45. The van der Waals surface area contributed by atoms with Crippen molar-refractivity contribution >= 4 is 0 Å². The van der Waals surface area contributed by atoms with E-state index in [9.17, 15) is 0 Å². The SMILES string of the molecule is CCNC1CC(CC(C)C)(CC(C)C)Oc2ccccc21. The molecule has 118 valence electrons. The fourth-order valence-corrected chi connectivity index (χ4v) is 3.87. The van der Waals surface area contributed by atoms with Crippen LogP contribution in [0.1, 0.15) is 65.5 Å². The second kappa shape index (κ2) is 6.83. The van der Waals surface area contributed by atoms with Gasteiger partial charge in [0.25, 0.3) is 0 Å². The maximum Gasteiger partial charge on any atom is 0.124 e. The van der Waals surface area contributed by atoms with Gasteiger partial charge in [0, 0.05) is 18.0 Å². The summed E-state index contributed by atoms with van der Waals surface area (Å²) in [7, 11) is 0. The molecule has 0 bridgehead atoms. The van der Waals surface area contributed by atoms with Crippen LogP contribution in [0.5, 0.6) is 5.75 Å². The van der Waals surface area contributed by atoms with Crippen LogP contribution in [-0.4, -0.2) is 12.1 Å². The predicted molar refractivity (Wildman–Crippen MR) is 89.7 cm³/mol. The summed E-state index contributed by atoms with van der Waals surface area (Å²) in [5, 5.41) is 3.66. The molecule has 0 saturated heterocycles. The molecule has 2 rings (SSSR count). The fourth-order valence-electron chi connectivity index (χ4n) is 3.87. The molecular weight excluding hydrogens is 258 g/mol. The van der Waals surface area contributed by atoms with Crippen LogP contribution in [0, 0.1) is 11.8 Å². The average Bonchev–Trinajstić information content (AvgIpc) is 2.37. The lowest BCUT2D eigenvalue weighted by Crippen LogP contribution is -2.46. The molecule has 1 atom stereocenters. The van der Waals surface area contributed by atoms with Crippen LogP contribution >= 0.6 is 0 Å². The largest absolute Gasteiger partial charge is 0.487 e. The van der Waals surface area contributed by atoms with Gasteiger partial charge in [-0.25, -0.2) is 0 Å². The summed E-state index contributed by atoms with van der Waals surface area (Å²) in [6.07, 6.45) is 3.33. The number of ether oxygens (including phenoxy) is 1.